The second-order valence-corrected chi connectivity index (χ2v) is 6.65. The lowest BCUT2D eigenvalue weighted by Gasteiger charge is -2.35. The van der Waals surface area contributed by atoms with Crippen LogP contribution < -0.4 is 0 Å². The molecule has 0 aliphatic carbocycles. The van der Waals surface area contributed by atoms with E-state index < -0.39 is 0 Å². The van der Waals surface area contributed by atoms with E-state index in [9.17, 15) is 9.59 Å². The molecule has 0 N–H and O–H groups in total. The maximum Gasteiger partial charge on any atom is 0.227 e. The number of piperazine rings is 1. The van der Waals surface area contributed by atoms with E-state index in [1.165, 1.54) is 0 Å². The molecule has 0 bridgehead atoms. The highest BCUT2D eigenvalue weighted by molar-refractivity contribution is 7.10. The van der Waals surface area contributed by atoms with E-state index in [0.29, 0.717) is 44.9 Å². The zero-order chi connectivity index (χ0) is 14.5. The van der Waals surface area contributed by atoms with Crippen LogP contribution in [0.1, 0.15) is 25.1 Å². The molecule has 1 aliphatic rings. The van der Waals surface area contributed by atoms with Crippen LogP contribution >= 0.6 is 11.3 Å². The maximum atomic E-state index is 12.1. The van der Waals surface area contributed by atoms with Crippen molar-refractivity contribution in [1.29, 1.82) is 0 Å². The third-order valence-corrected chi connectivity index (χ3v) is 4.35. The molecule has 2 amide bonds. The lowest BCUT2D eigenvalue weighted by Crippen LogP contribution is -2.51. The number of nitrogens with zero attached hydrogens (tertiary/aromatic N) is 2. The summed E-state index contributed by atoms with van der Waals surface area (Å²) in [6.45, 7) is 6.77. The maximum absolute atomic E-state index is 12.1. The molecule has 1 saturated heterocycles. The molecule has 0 aromatic carbocycles. The molecule has 4 nitrogen and oxygen atoms in total. The van der Waals surface area contributed by atoms with Crippen molar-refractivity contribution in [3.05, 3.63) is 22.4 Å². The summed E-state index contributed by atoms with van der Waals surface area (Å²) in [5, 5.41) is 1.99. The van der Waals surface area contributed by atoms with Gasteiger partial charge in [-0.3, -0.25) is 9.59 Å². The highest BCUT2D eigenvalue weighted by Crippen LogP contribution is 2.13. The summed E-state index contributed by atoms with van der Waals surface area (Å²) in [6, 6.07) is 3.96. The molecular weight excluding hydrogens is 272 g/mol. The van der Waals surface area contributed by atoms with Gasteiger partial charge >= 0.3 is 0 Å². The first-order valence-corrected chi connectivity index (χ1v) is 8.02. The highest BCUT2D eigenvalue weighted by Gasteiger charge is 2.24. The summed E-state index contributed by atoms with van der Waals surface area (Å²) in [5.41, 5.74) is 0. The zero-order valence-electron chi connectivity index (χ0n) is 12.2. The fourth-order valence-electron chi connectivity index (χ4n) is 2.36. The highest BCUT2D eigenvalue weighted by atomic mass is 32.1. The van der Waals surface area contributed by atoms with Crippen LogP contribution in [0.5, 0.6) is 0 Å². The van der Waals surface area contributed by atoms with E-state index >= 15 is 0 Å². The second kappa shape index (κ2) is 6.88. The molecule has 20 heavy (non-hydrogen) atoms. The minimum Gasteiger partial charge on any atom is -0.339 e. The summed E-state index contributed by atoms with van der Waals surface area (Å²) < 4.78 is 0. The number of rotatable bonds is 4. The van der Waals surface area contributed by atoms with Gasteiger partial charge in [-0.2, -0.15) is 0 Å². The number of carbonyl (C=O) groups is 2. The van der Waals surface area contributed by atoms with Crippen LogP contribution in [0, 0.1) is 5.92 Å². The van der Waals surface area contributed by atoms with Crippen LogP contribution in [0.4, 0.5) is 0 Å². The van der Waals surface area contributed by atoms with Crippen molar-refractivity contribution >= 4 is 23.2 Å². The summed E-state index contributed by atoms with van der Waals surface area (Å²) in [7, 11) is 0. The molecule has 1 aliphatic heterocycles. The predicted octanol–water partition coefficient (Wildman–Crippen LogP) is 2.01. The van der Waals surface area contributed by atoms with Crippen molar-refractivity contribution in [3.8, 4) is 0 Å². The third kappa shape index (κ3) is 4.07. The number of amides is 2. The second-order valence-electron chi connectivity index (χ2n) is 5.62. The number of carbonyl (C=O) groups excluding carboxylic acids is 2. The third-order valence-electron chi connectivity index (χ3n) is 3.47. The Hall–Kier alpha value is -1.36. The van der Waals surface area contributed by atoms with E-state index in [1.807, 2.05) is 27.3 Å². The Kier molecular flexibility index (Phi) is 5.17. The van der Waals surface area contributed by atoms with E-state index in [-0.39, 0.29) is 11.8 Å². The Morgan fingerprint density at radius 3 is 2.25 bits per heavy atom. The van der Waals surface area contributed by atoms with Gasteiger partial charge in [-0.1, -0.05) is 19.9 Å². The Balaban J connectivity index is 1.79. The SMILES string of the molecule is CC(C)CC(=O)N1CCN(C(=O)Cc2cccs2)CC1. The fraction of sp³-hybridized carbons (Fsp3) is 0.600. The molecule has 110 valence electrons. The first kappa shape index (κ1) is 15.0. The van der Waals surface area contributed by atoms with Gasteiger partial charge in [0.25, 0.3) is 0 Å². The van der Waals surface area contributed by atoms with Gasteiger partial charge in [-0.15, -0.1) is 11.3 Å². The molecule has 0 saturated carbocycles. The summed E-state index contributed by atoms with van der Waals surface area (Å²) >= 11 is 1.62. The molecule has 1 aromatic rings. The normalized spacial score (nSPS) is 15.8. The Morgan fingerprint density at radius 2 is 1.75 bits per heavy atom. The molecule has 2 rings (SSSR count). The van der Waals surface area contributed by atoms with Crippen molar-refractivity contribution in [2.24, 2.45) is 5.92 Å². The molecule has 5 heteroatoms. The summed E-state index contributed by atoms with van der Waals surface area (Å²) in [4.78, 5) is 29.0. The number of hydrogen-bond donors (Lipinski definition) is 0. The van der Waals surface area contributed by atoms with Gasteiger partial charge < -0.3 is 9.80 Å². The van der Waals surface area contributed by atoms with Crippen molar-refractivity contribution in [2.75, 3.05) is 26.2 Å². The zero-order valence-corrected chi connectivity index (χ0v) is 13.0. The average molecular weight is 294 g/mol. The van der Waals surface area contributed by atoms with Gasteiger partial charge in [-0.25, -0.2) is 0 Å². The average Bonchev–Trinajstić information content (AvgIpc) is 2.91. The van der Waals surface area contributed by atoms with Crippen LogP contribution in [0.15, 0.2) is 17.5 Å². The van der Waals surface area contributed by atoms with Crippen LogP contribution in [0.3, 0.4) is 0 Å². The Labute approximate surface area is 124 Å². The molecule has 1 fully saturated rings. The van der Waals surface area contributed by atoms with Crippen molar-refractivity contribution in [3.63, 3.8) is 0 Å². The van der Waals surface area contributed by atoms with Crippen LogP contribution in [0.25, 0.3) is 0 Å². The lowest BCUT2D eigenvalue weighted by atomic mass is 10.1. The first-order chi connectivity index (χ1) is 9.56. The Bertz CT molecular complexity index is 448. The quantitative estimate of drug-likeness (QED) is 0.852. The largest absolute Gasteiger partial charge is 0.339 e. The van der Waals surface area contributed by atoms with Gasteiger partial charge in [0.1, 0.15) is 0 Å². The molecule has 0 atom stereocenters. The molecular formula is C15H22N2O2S. The minimum absolute atomic E-state index is 0.170. The van der Waals surface area contributed by atoms with Crippen LogP contribution in [-0.2, 0) is 16.0 Å². The minimum atomic E-state index is 0.170. The summed E-state index contributed by atoms with van der Waals surface area (Å²) in [5.74, 6) is 0.773. The summed E-state index contributed by atoms with van der Waals surface area (Å²) in [6.07, 6.45) is 1.08. The standard InChI is InChI=1S/C15H22N2O2S/c1-12(2)10-14(18)16-5-7-17(8-6-16)15(19)11-13-4-3-9-20-13/h3-4,9,12H,5-8,10-11H2,1-2H3. The van der Waals surface area contributed by atoms with Gasteiger partial charge in [0.15, 0.2) is 0 Å². The molecule has 1 aromatic heterocycles. The van der Waals surface area contributed by atoms with Crippen molar-refractivity contribution in [2.45, 2.75) is 26.7 Å². The number of thiophene rings is 1. The number of hydrogen-bond acceptors (Lipinski definition) is 3. The lowest BCUT2D eigenvalue weighted by molar-refractivity contribution is -0.139. The topological polar surface area (TPSA) is 40.6 Å². The smallest absolute Gasteiger partial charge is 0.227 e. The van der Waals surface area contributed by atoms with Crippen molar-refractivity contribution < 1.29 is 9.59 Å². The van der Waals surface area contributed by atoms with Crippen LogP contribution in [0.2, 0.25) is 0 Å². The molecule has 2 heterocycles. The van der Waals surface area contributed by atoms with Gasteiger partial charge in [0.2, 0.25) is 11.8 Å². The van der Waals surface area contributed by atoms with Gasteiger partial charge in [0, 0.05) is 37.5 Å². The first-order valence-electron chi connectivity index (χ1n) is 7.14. The van der Waals surface area contributed by atoms with E-state index in [0.717, 1.165) is 4.88 Å². The van der Waals surface area contributed by atoms with Gasteiger partial charge in [0.05, 0.1) is 6.42 Å². The fourth-order valence-corrected chi connectivity index (χ4v) is 3.05. The Morgan fingerprint density at radius 1 is 1.15 bits per heavy atom. The van der Waals surface area contributed by atoms with Gasteiger partial charge in [-0.05, 0) is 17.4 Å². The van der Waals surface area contributed by atoms with E-state index in [1.54, 1.807) is 11.3 Å². The monoisotopic (exact) mass is 294 g/mol. The molecule has 0 radical (unpaired) electrons. The predicted molar refractivity (Wildman–Crippen MR) is 80.6 cm³/mol. The molecule has 0 spiro atoms. The van der Waals surface area contributed by atoms with Crippen LogP contribution in [-0.4, -0.2) is 47.8 Å². The van der Waals surface area contributed by atoms with Crippen molar-refractivity contribution in [1.82, 2.24) is 9.80 Å². The van der Waals surface area contributed by atoms with E-state index in [2.05, 4.69) is 13.8 Å². The van der Waals surface area contributed by atoms with E-state index in [4.69, 9.17) is 0 Å². The molecule has 0 unspecified atom stereocenters.